The van der Waals surface area contributed by atoms with Crippen LogP contribution in [-0.2, 0) is 0 Å². The Bertz CT molecular complexity index is 104. The van der Waals surface area contributed by atoms with Crippen LogP contribution in [0.15, 0.2) is 12.7 Å². The molecule has 0 saturated carbocycles. The number of thioether (sulfide) groups is 1. The van der Waals surface area contributed by atoms with E-state index in [-0.39, 0.29) is 0 Å². The maximum atomic E-state index is 3.73. The normalized spacial score (nSPS) is 15.9. The van der Waals surface area contributed by atoms with Crippen molar-refractivity contribution >= 4 is 11.8 Å². The summed E-state index contributed by atoms with van der Waals surface area (Å²) in [5, 5.41) is 3.43. The lowest BCUT2D eigenvalue weighted by Crippen LogP contribution is -2.33. The van der Waals surface area contributed by atoms with Crippen molar-refractivity contribution in [2.45, 2.75) is 32.4 Å². The molecule has 1 N–H and O–H groups in total. The van der Waals surface area contributed by atoms with E-state index in [4.69, 9.17) is 0 Å². The molecule has 2 atom stereocenters. The highest BCUT2D eigenvalue weighted by molar-refractivity contribution is 7.98. The molecule has 2 unspecified atom stereocenters. The van der Waals surface area contributed by atoms with Gasteiger partial charge in [-0.2, -0.15) is 11.8 Å². The highest BCUT2D eigenvalue weighted by atomic mass is 32.2. The van der Waals surface area contributed by atoms with Gasteiger partial charge >= 0.3 is 0 Å². The second-order valence-electron chi connectivity index (χ2n) is 2.87. The molecule has 0 fully saturated rings. The minimum absolute atomic E-state index is 0.437. The lowest BCUT2D eigenvalue weighted by Gasteiger charge is -2.16. The maximum Gasteiger partial charge on any atom is 0.0221 e. The fourth-order valence-corrected chi connectivity index (χ4v) is 1.48. The average Bonchev–Trinajstić information content (AvgIpc) is 2.00. The Labute approximate surface area is 74.6 Å². The summed E-state index contributed by atoms with van der Waals surface area (Å²) >= 11 is 1.90. The van der Waals surface area contributed by atoms with Crippen molar-refractivity contribution in [3.63, 3.8) is 0 Å². The molecule has 0 radical (unpaired) electrons. The summed E-state index contributed by atoms with van der Waals surface area (Å²) in [7, 11) is 0. The molecule has 0 rings (SSSR count). The van der Waals surface area contributed by atoms with Gasteiger partial charge in [0.25, 0.3) is 0 Å². The lowest BCUT2D eigenvalue weighted by atomic mass is 10.2. The number of rotatable bonds is 6. The molecule has 0 aromatic heterocycles. The van der Waals surface area contributed by atoms with E-state index in [2.05, 4.69) is 32.0 Å². The van der Waals surface area contributed by atoms with Gasteiger partial charge in [-0.15, -0.1) is 6.58 Å². The zero-order chi connectivity index (χ0) is 8.69. The van der Waals surface area contributed by atoms with Crippen molar-refractivity contribution in [2.75, 3.05) is 12.0 Å². The van der Waals surface area contributed by atoms with Crippen molar-refractivity contribution in [3.8, 4) is 0 Å². The molecule has 0 aliphatic carbocycles. The Morgan fingerprint density at radius 1 is 1.55 bits per heavy atom. The minimum Gasteiger partial charge on any atom is -0.308 e. The molecule has 1 nitrogen and oxygen atoms in total. The van der Waals surface area contributed by atoms with Crippen LogP contribution in [0.4, 0.5) is 0 Å². The van der Waals surface area contributed by atoms with Gasteiger partial charge in [0, 0.05) is 12.1 Å². The first-order valence-corrected chi connectivity index (χ1v) is 5.47. The zero-order valence-corrected chi connectivity index (χ0v) is 8.58. The molecule has 2 heteroatoms. The second-order valence-corrected chi connectivity index (χ2v) is 3.86. The third kappa shape index (κ3) is 6.45. The van der Waals surface area contributed by atoms with Gasteiger partial charge in [0.05, 0.1) is 0 Å². The van der Waals surface area contributed by atoms with E-state index in [9.17, 15) is 0 Å². The molecular formula is C9H19NS. The average molecular weight is 173 g/mol. The molecule has 0 aromatic carbocycles. The highest BCUT2D eigenvalue weighted by Crippen LogP contribution is 2.00. The van der Waals surface area contributed by atoms with Gasteiger partial charge in [-0.3, -0.25) is 0 Å². The first-order valence-electron chi connectivity index (χ1n) is 4.08. The van der Waals surface area contributed by atoms with Crippen LogP contribution in [-0.4, -0.2) is 24.1 Å². The van der Waals surface area contributed by atoms with E-state index in [0.717, 1.165) is 0 Å². The predicted octanol–water partition coefficient (Wildman–Crippen LogP) is 2.29. The Hall–Kier alpha value is 0.0500. The van der Waals surface area contributed by atoms with Crippen molar-refractivity contribution in [2.24, 2.45) is 0 Å². The van der Waals surface area contributed by atoms with Crippen LogP contribution < -0.4 is 5.32 Å². The zero-order valence-electron chi connectivity index (χ0n) is 7.76. The largest absolute Gasteiger partial charge is 0.308 e. The molecule has 0 heterocycles. The van der Waals surface area contributed by atoms with Crippen LogP contribution in [0.5, 0.6) is 0 Å². The summed E-state index contributed by atoms with van der Waals surface area (Å²) < 4.78 is 0. The van der Waals surface area contributed by atoms with E-state index in [1.165, 1.54) is 12.2 Å². The summed E-state index contributed by atoms with van der Waals surface area (Å²) in [6.45, 7) is 8.07. The van der Waals surface area contributed by atoms with E-state index >= 15 is 0 Å². The molecule has 0 bridgehead atoms. The smallest absolute Gasteiger partial charge is 0.0221 e. The summed E-state index contributed by atoms with van der Waals surface area (Å²) in [4.78, 5) is 0. The molecule has 11 heavy (non-hydrogen) atoms. The summed E-state index contributed by atoms with van der Waals surface area (Å²) in [6, 6.07) is 1.04. The van der Waals surface area contributed by atoms with E-state index < -0.39 is 0 Å². The summed E-state index contributed by atoms with van der Waals surface area (Å²) in [6.07, 6.45) is 5.32. The lowest BCUT2D eigenvalue weighted by molar-refractivity contribution is 0.507. The molecule has 0 aliphatic heterocycles. The van der Waals surface area contributed by atoms with Gasteiger partial charge in [0.1, 0.15) is 0 Å². The van der Waals surface area contributed by atoms with Gasteiger partial charge in [-0.1, -0.05) is 6.08 Å². The Balaban J connectivity index is 3.34. The van der Waals surface area contributed by atoms with E-state index in [1.807, 2.05) is 17.8 Å². The van der Waals surface area contributed by atoms with Gasteiger partial charge in [-0.25, -0.2) is 0 Å². The monoisotopic (exact) mass is 173 g/mol. The van der Waals surface area contributed by atoms with Gasteiger partial charge in [-0.05, 0) is 32.3 Å². The van der Waals surface area contributed by atoms with Crippen LogP contribution in [0.25, 0.3) is 0 Å². The van der Waals surface area contributed by atoms with Crippen LogP contribution in [0, 0.1) is 0 Å². The predicted molar refractivity (Wildman–Crippen MR) is 55.3 cm³/mol. The van der Waals surface area contributed by atoms with Gasteiger partial charge in [0.2, 0.25) is 0 Å². The Morgan fingerprint density at radius 3 is 2.64 bits per heavy atom. The minimum atomic E-state index is 0.437. The van der Waals surface area contributed by atoms with Crippen molar-refractivity contribution in [1.82, 2.24) is 5.32 Å². The third-order valence-electron chi connectivity index (χ3n) is 1.66. The quantitative estimate of drug-likeness (QED) is 0.619. The Kier molecular flexibility index (Phi) is 6.77. The fraction of sp³-hybridized carbons (Fsp3) is 0.778. The molecule has 0 saturated heterocycles. The third-order valence-corrected chi connectivity index (χ3v) is 2.30. The molecule has 0 aromatic rings. The second kappa shape index (κ2) is 6.74. The standard InChI is InChI=1S/C9H19NS/c1-5-8(2)10-9(3)6-7-11-4/h5,8-10H,1,6-7H2,2-4H3. The molecular weight excluding hydrogens is 154 g/mol. The van der Waals surface area contributed by atoms with Crippen LogP contribution in [0.3, 0.4) is 0 Å². The molecule has 0 aliphatic rings. The number of hydrogen-bond donors (Lipinski definition) is 1. The molecule has 0 amide bonds. The maximum absolute atomic E-state index is 3.73. The SMILES string of the molecule is C=CC(C)NC(C)CCSC. The number of hydrogen-bond acceptors (Lipinski definition) is 2. The van der Waals surface area contributed by atoms with Crippen molar-refractivity contribution in [3.05, 3.63) is 12.7 Å². The molecule has 66 valence electrons. The number of nitrogens with one attached hydrogen (secondary N) is 1. The summed E-state index contributed by atoms with van der Waals surface area (Å²) in [5.74, 6) is 1.23. The summed E-state index contributed by atoms with van der Waals surface area (Å²) in [5.41, 5.74) is 0. The first kappa shape index (κ1) is 11.1. The van der Waals surface area contributed by atoms with Crippen molar-refractivity contribution in [1.29, 1.82) is 0 Å². The Morgan fingerprint density at radius 2 is 2.18 bits per heavy atom. The van der Waals surface area contributed by atoms with Gasteiger partial charge < -0.3 is 5.32 Å². The van der Waals surface area contributed by atoms with Crippen molar-refractivity contribution < 1.29 is 0 Å². The fourth-order valence-electron chi connectivity index (χ4n) is 0.895. The highest BCUT2D eigenvalue weighted by Gasteiger charge is 2.02. The topological polar surface area (TPSA) is 12.0 Å². The van der Waals surface area contributed by atoms with Crippen LogP contribution in [0.1, 0.15) is 20.3 Å². The van der Waals surface area contributed by atoms with E-state index in [0.29, 0.717) is 12.1 Å². The van der Waals surface area contributed by atoms with E-state index in [1.54, 1.807) is 0 Å². The molecule has 0 spiro atoms. The van der Waals surface area contributed by atoms with Crippen LogP contribution >= 0.6 is 11.8 Å². The van der Waals surface area contributed by atoms with Gasteiger partial charge in [0.15, 0.2) is 0 Å². The van der Waals surface area contributed by atoms with Crippen LogP contribution in [0.2, 0.25) is 0 Å². The first-order chi connectivity index (χ1) is 5.20.